The Kier molecular flexibility index (Phi) is 3.70. The second kappa shape index (κ2) is 5.27. The van der Waals surface area contributed by atoms with Crippen molar-refractivity contribution < 1.29 is 18.5 Å². The summed E-state index contributed by atoms with van der Waals surface area (Å²) in [5, 5.41) is 12.6. The molecule has 1 N–H and O–H groups in total. The number of carbonyl (C=O) groups is 1. The van der Waals surface area contributed by atoms with E-state index in [1.54, 1.807) is 7.05 Å². The van der Waals surface area contributed by atoms with Gasteiger partial charge in [0, 0.05) is 7.05 Å². The molecule has 1 atom stereocenters. The van der Waals surface area contributed by atoms with E-state index in [1.807, 2.05) is 0 Å². The summed E-state index contributed by atoms with van der Waals surface area (Å²) in [7, 11) is -0.0946. The van der Waals surface area contributed by atoms with Gasteiger partial charge in [0.2, 0.25) is 0 Å². The van der Waals surface area contributed by atoms with E-state index in [9.17, 15) is 13.4 Å². The third kappa shape index (κ3) is 2.84. The number of rotatable bonds is 4. The highest BCUT2D eigenvalue weighted by atomic mass is 32.2. The predicted molar refractivity (Wildman–Crippen MR) is 64.5 cm³/mol. The molecule has 0 aliphatic rings. The number of benzene rings is 1. The lowest BCUT2D eigenvalue weighted by Gasteiger charge is -2.04. The van der Waals surface area contributed by atoms with Gasteiger partial charge >= 0.3 is 5.97 Å². The van der Waals surface area contributed by atoms with Crippen LogP contribution in [-0.4, -0.2) is 30.0 Å². The summed E-state index contributed by atoms with van der Waals surface area (Å²) in [6.45, 7) is 0. The predicted octanol–water partition coefficient (Wildman–Crippen LogP) is 0.960. The molecule has 0 aliphatic heterocycles. The number of carboxylic acid groups (broad SMARTS) is 1. The quantitative estimate of drug-likeness (QED) is 0.903. The van der Waals surface area contributed by atoms with Crippen LogP contribution in [0.2, 0.25) is 0 Å². The van der Waals surface area contributed by atoms with Gasteiger partial charge in [0.15, 0.2) is 0 Å². The molecule has 0 bridgehead atoms. The first kappa shape index (κ1) is 13.3. The molecule has 8 heteroatoms. The Labute approximate surface area is 110 Å². The SMILES string of the molecule is Cn1ncnc1CS(=O)c1cc(C(=O)O)ccc1F. The number of aromatic carboxylic acids is 1. The molecule has 19 heavy (non-hydrogen) atoms. The standard InChI is InChI=1S/C11H10FN3O3S/c1-15-10(13-6-14-15)5-19(18)9-4-7(11(16)17)2-3-8(9)12/h2-4,6H,5H2,1H3,(H,16,17). The van der Waals surface area contributed by atoms with Crippen LogP contribution in [0, 0.1) is 5.82 Å². The van der Waals surface area contributed by atoms with Gasteiger partial charge in [0.25, 0.3) is 0 Å². The molecule has 6 nitrogen and oxygen atoms in total. The lowest BCUT2D eigenvalue weighted by atomic mass is 10.2. The Morgan fingerprint density at radius 3 is 2.84 bits per heavy atom. The Morgan fingerprint density at radius 2 is 2.26 bits per heavy atom. The zero-order valence-electron chi connectivity index (χ0n) is 9.91. The van der Waals surface area contributed by atoms with E-state index in [-0.39, 0.29) is 16.2 Å². The van der Waals surface area contributed by atoms with E-state index in [2.05, 4.69) is 10.1 Å². The molecular weight excluding hydrogens is 273 g/mol. The topological polar surface area (TPSA) is 85.1 Å². The van der Waals surface area contributed by atoms with Gasteiger partial charge in [0.1, 0.15) is 18.0 Å². The molecule has 2 rings (SSSR count). The van der Waals surface area contributed by atoms with Gasteiger partial charge in [-0.2, -0.15) is 5.10 Å². The highest BCUT2D eigenvalue weighted by molar-refractivity contribution is 7.84. The highest BCUT2D eigenvalue weighted by Crippen LogP contribution is 2.17. The molecule has 0 saturated carbocycles. The number of hydrogen-bond acceptors (Lipinski definition) is 4. The number of aryl methyl sites for hydroxylation is 1. The number of hydrogen-bond donors (Lipinski definition) is 1. The fraction of sp³-hybridized carbons (Fsp3) is 0.182. The minimum absolute atomic E-state index is 0.0313. The number of nitrogens with zero attached hydrogens (tertiary/aromatic N) is 3. The molecular formula is C11H10FN3O3S. The van der Waals surface area contributed by atoms with Crippen molar-refractivity contribution in [1.82, 2.24) is 14.8 Å². The van der Waals surface area contributed by atoms with Gasteiger partial charge < -0.3 is 5.11 Å². The molecule has 0 spiro atoms. The minimum atomic E-state index is -1.72. The van der Waals surface area contributed by atoms with E-state index in [0.717, 1.165) is 18.2 Å². The van der Waals surface area contributed by atoms with Crippen LogP contribution in [0.1, 0.15) is 16.2 Å². The van der Waals surface area contributed by atoms with Crippen LogP contribution in [0.3, 0.4) is 0 Å². The van der Waals surface area contributed by atoms with Gasteiger partial charge in [-0.15, -0.1) is 0 Å². The number of halogens is 1. The molecule has 2 aromatic rings. The first-order valence-corrected chi connectivity index (χ1v) is 6.55. The maximum Gasteiger partial charge on any atom is 0.335 e. The third-order valence-electron chi connectivity index (χ3n) is 2.49. The van der Waals surface area contributed by atoms with E-state index in [4.69, 9.17) is 5.11 Å². The van der Waals surface area contributed by atoms with Gasteiger partial charge in [-0.25, -0.2) is 14.2 Å². The first-order chi connectivity index (χ1) is 8.99. The molecule has 1 unspecified atom stereocenters. The molecule has 0 aliphatic carbocycles. The minimum Gasteiger partial charge on any atom is -0.478 e. The van der Waals surface area contributed by atoms with Crippen LogP contribution in [-0.2, 0) is 23.6 Å². The summed E-state index contributed by atoms with van der Waals surface area (Å²) in [4.78, 5) is 14.5. The van der Waals surface area contributed by atoms with Crippen molar-refractivity contribution in [2.45, 2.75) is 10.6 Å². The normalized spacial score (nSPS) is 12.3. The average molecular weight is 283 g/mol. The monoisotopic (exact) mass is 283 g/mol. The van der Waals surface area contributed by atoms with E-state index < -0.39 is 22.6 Å². The van der Waals surface area contributed by atoms with Gasteiger partial charge in [-0.05, 0) is 18.2 Å². The molecule has 0 saturated heterocycles. The first-order valence-electron chi connectivity index (χ1n) is 5.23. The largest absolute Gasteiger partial charge is 0.478 e. The summed E-state index contributed by atoms with van der Waals surface area (Å²) in [5.41, 5.74) is -0.109. The van der Waals surface area contributed by atoms with Gasteiger partial charge in [0.05, 0.1) is 27.0 Å². The molecule has 0 amide bonds. The van der Waals surface area contributed by atoms with Crippen molar-refractivity contribution in [3.05, 3.63) is 41.7 Å². The summed E-state index contributed by atoms with van der Waals surface area (Å²) in [5.74, 6) is -1.50. The van der Waals surface area contributed by atoms with Crippen molar-refractivity contribution in [1.29, 1.82) is 0 Å². The molecule has 0 fully saturated rings. The van der Waals surface area contributed by atoms with E-state index in [0.29, 0.717) is 5.82 Å². The lowest BCUT2D eigenvalue weighted by molar-refractivity contribution is 0.0696. The lowest BCUT2D eigenvalue weighted by Crippen LogP contribution is -2.07. The molecule has 1 aromatic heterocycles. The molecule has 100 valence electrons. The van der Waals surface area contributed by atoms with Crippen molar-refractivity contribution in [2.24, 2.45) is 7.05 Å². The van der Waals surface area contributed by atoms with Gasteiger partial charge in [-0.1, -0.05) is 0 Å². The Hall–Kier alpha value is -2.09. The average Bonchev–Trinajstić information content (AvgIpc) is 2.75. The fourth-order valence-corrected chi connectivity index (χ4v) is 2.65. The van der Waals surface area contributed by atoms with Crippen molar-refractivity contribution in [2.75, 3.05) is 0 Å². The maximum absolute atomic E-state index is 13.6. The van der Waals surface area contributed by atoms with Crippen molar-refractivity contribution in [3.8, 4) is 0 Å². The summed E-state index contributed by atoms with van der Waals surface area (Å²) in [6.07, 6.45) is 1.30. The van der Waals surface area contributed by atoms with Crippen LogP contribution in [0.4, 0.5) is 4.39 Å². The van der Waals surface area contributed by atoms with Crippen LogP contribution in [0.25, 0.3) is 0 Å². The van der Waals surface area contributed by atoms with Crippen LogP contribution in [0.5, 0.6) is 0 Å². The van der Waals surface area contributed by atoms with E-state index in [1.165, 1.54) is 11.0 Å². The zero-order valence-corrected chi connectivity index (χ0v) is 10.7. The molecule has 1 heterocycles. The molecule has 1 aromatic carbocycles. The highest BCUT2D eigenvalue weighted by Gasteiger charge is 2.16. The second-order valence-electron chi connectivity index (χ2n) is 3.74. The van der Waals surface area contributed by atoms with Crippen LogP contribution < -0.4 is 0 Å². The van der Waals surface area contributed by atoms with Crippen LogP contribution in [0.15, 0.2) is 29.4 Å². The summed E-state index contributed by atoms with van der Waals surface area (Å²) >= 11 is 0. The van der Waals surface area contributed by atoms with E-state index >= 15 is 0 Å². The third-order valence-corrected chi connectivity index (χ3v) is 3.81. The summed E-state index contributed by atoms with van der Waals surface area (Å²) < 4.78 is 27.1. The number of aromatic nitrogens is 3. The fourth-order valence-electron chi connectivity index (χ4n) is 1.46. The number of carboxylic acids is 1. The van der Waals surface area contributed by atoms with Crippen molar-refractivity contribution in [3.63, 3.8) is 0 Å². The Morgan fingerprint density at radius 1 is 1.53 bits per heavy atom. The maximum atomic E-state index is 13.6. The zero-order chi connectivity index (χ0) is 14.0. The Bertz CT molecular complexity index is 656. The van der Waals surface area contributed by atoms with Crippen molar-refractivity contribution >= 4 is 16.8 Å². The second-order valence-corrected chi connectivity index (χ2v) is 5.16. The molecule has 0 radical (unpaired) electrons. The Balaban J connectivity index is 2.31. The smallest absolute Gasteiger partial charge is 0.335 e. The summed E-state index contributed by atoms with van der Waals surface area (Å²) in [6, 6.07) is 3.19. The van der Waals surface area contributed by atoms with Gasteiger partial charge in [-0.3, -0.25) is 8.89 Å². The van der Waals surface area contributed by atoms with Crippen LogP contribution >= 0.6 is 0 Å².